The van der Waals surface area contributed by atoms with Gasteiger partial charge in [-0.3, -0.25) is 0 Å². The molecule has 1 fully saturated rings. The van der Waals surface area contributed by atoms with Gasteiger partial charge in [-0.25, -0.2) is 4.98 Å². The Labute approximate surface area is 119 Å². The Hall–Kier alpha value is -1.62. The second kappa shape index (κ2) is 6.22. The van der Waals surface area contributed by atoms with Crippen LogP contribution in [0.3, 0.4) is 0 Å². The summed E-state index contributed by atoms with van der Waals surface area (Å²) >= 11 is 0. The highest BCUT2D eigenvalue weighted by Crippen LogP contribution is 2.21. The molecule has 0 bridgehead atoms. The second-order valence-corrected chi connectivity index (χ2v) is 5.39. The average molecular weight is 274 g/mol. The summed E-state index contributed by atoms with van der Waals surface area (Å²) < 4.78 is 7.17. The maximum atomic E-state index is 5.23. The lowest BCUT2D eigenvalue weighted by Gasteiger charge is -2.27. The minimum atomic E-state index is 0.544. The van der Waals surface area contributed by atoms with Crippen molar-refractivity contribution in [1.29, 1.82) is 0 Å². The molecule has 1 aliphatic rings. The minimum Gasteiger partial charge on any atom is -0.378 e. The maximum Gasteiger partial charge on any atom is 0.157 e. The van der Waals surface area contributed by atoms with Gasteiger partial charge in [0.15, 0.2) is 5.65 Å². The first-order valence-corrected chi connectivity index (χ1v) is 7.46. The largest absolute Gasteiger partial charge is 0.378 e. The summed E-state index contributed by atoms with van der Waals surface area (Å²) in [5, 5.41) is 4.42. The lowest BCUT2D eigenvalue weighted by atomic mass is 10.1. The van der Waals surface area contributed by atoms with E-state index >= 15 is 0 Å². The number of aromatic nitrogens is 3. The molecule has 2 aromatic rings. The third kappa shape index (κ3) is 2.77. The van der Waals surface area contributed by atoms with Crippen LogP contribution in [-0.4, -0.2) is 34.8 Å². The van der Waals surface area contributed by atoms with Gasteiger partial charge in [-0.1, -0.05) is 19.3 Å². The Bertz CT molecular complexity index is 558. The van der Waals surface area contributed by atoms with Crippen molar-refractivity contribution in [1.82, 2.24) is 14.6 Å². The van der Waals surface area contributed by atoms with E-state index in [4.69, 9.17) is 4.74 Å². The van der Waals surface area contributed by atoms with Gasteiger partial charge in [0.2, 0.25) is 0 Å². The molecule has 0 unspecified atom stereocenters. The van der Waals surface area contributed by atoms with Crippen LogP contribution in [-0.2, 0) is 11.3 Å². The van der Waals surface area contributed by atoms with Crippen LogP contribution in [0.4, 0.5) is 5.82 Å². The number of ether oxygens (including phenoxy) is 1. The molecule has 0 aliphatic carbocycles. The zero-order valence-corrected chi connectivity index (χ0v) is 12.1. The van der Waals surface area contributed by atoms with Gasteiger partial charge < -0.3 is 9.64 Å². The molecular weight excluding hydrogens is 252 g/mol. The molecule has 0 saturated carbocycles. The molecule has 3 rings (SSSR count). The molecule has 0 aromatic carbocycles. The minimum absolute atomic E-state index is 0.544. The Balaban J connectivity index is 1.96. The fourth-order valence-corrected chi connectivity index (χ4v) is 2.87. The van der Waals surface area contributed by atoms with E-state index in [0.29, 0.717) is 6.61 Å². The zero-order chi connectivity index (χ0) is 13.8. The number of nitrogens with zero attached hydrogens (tertiary/aromatic N) is 4. The van der Waals surface area contributed by atoms with Crippen LogP contribution in [0.5, 0.6) is 0 Å². The summed E-state index contributed by atoms with van der Waals surface area (Å²) in [6.07, 6.45) is 8.35. The number of hydrogen-bond acceptors (Lipinski definition) is 4. The Kier molecular flexibility index (Phi) is 4.16. The van der Waals surface area contributed by atoms with Gasteiger partial charge in [0, 0.05) is 32.3 Å². The van der Waals surface area contributed by atoms with E-state index in [0.717, 1.165) is 30.2 Å². The Morgan fingerprint density at radius 2 is 1.90 bits per heavy atom. The van der Waals surface area contributed by atoms with E-state index < -0.39 is 0 Å². The number of fused-ring (bicyclic) bond motifs is 1. The number of methoxy groups -OCH3 is 1. The fraction of sp³-hybridized carbons (Fsp3) is 0.600. The van der Waals surface area contributed by atoms with Gasteiger partial charge in [-0.15, -0.1) is 0 Å². The van der Waals surface area contributed by atoms with Crippen molar-refractivity contribution in [2.75, 3.05) is 25.1 Å². The first-order valence-electron chi connectivity index (χ1n) is 7.46. The molecule has 2 aromatic heterocycles. The highest BCUT2D eigenvalue weighted by molar-refractivity contribution is 5.50. The first-order chi connectivity index (χ1) is 9.88. The van der Waals surface area contributed by atoms with Crippen LogP contribution in [0.1, 0.15) is 37.8 Å². The van der Waals surface area contributed by atoms with E-state index in [-0.39, 0.29) is 0 Å². The molecule has 0 N–H and O–H groups in total. The molecule has 0 spiro atoms. The van der Waals surface area contributed by atoms with Crippen molar-refractivity contribution in [3.8, 4) is 0 Å². The van der Waals surface area contributed by atoms with Crippen LogP contribution < -0.4 is 4.90 Å². The Morgan fingerprint density at radius 3 is 2.65 bits per heavy atom. The molecule has 0 amide bonds. The summed E-state index contributed by atoms with van der Waals surface area (Å²) in [4.78, 5) is 7.02. The van der Waals surface area contributed by atoms with Gasteiger partial charge >= 0.3 is 0 Å². The highest BCUT2D eigenvalue weighted by atomic mass is 16.5. The zero-order valence-electron chi connectivity index (χ0n) is 12.1. The molecule has 20 heavy (non-hydrogen) atoms. The van der Waals surface area contributed by atoms with E-state index in [1.54, 1.807) is 7.11 Å². The molecule has 3 heterocycles. The van der Waals surface area contributed by atoms with Gasteiger partial charge in [0.05, 0.1) is 18.5 Å². The fourth-order valence-electron chi connectivity index (χ4n) is 2.87. The van der Waals surface area contributed by atoms with Crippen molar-refractivity contribution >= 4 is 11.5 Å². The summed E-state index contributed by atoms with van der Waals surface area (Å²) in [5.74, 6) is 1.15. The van der Waals surface area contributed by atoms with E-state index in [1.807, 2.05) is 16.8 Å². The van der Waals surface area contributed by atoms with E-state index in [9.17, 15) is 0 Å². The standard InChI is InChI=1S/C15H22N4O/c1-20-12-13-11-15(19-14(17-13)7-8-16-19)18-9-5-3-2-4-6-10-18/h7-8,11H,2-6,9-10,12H2,1H3. The summed E-state index contributed by atoms with van der Waals surface area (Å²) in [6.45, 7) is 2.75. The normalized spacial score (nSPS) is 17.1. The summed E-state index contributed by atoms with van der Waals surface area (Å²) in [5.41, 5.74) is 1.87. The monoisotopic (exact) mass is 274 g/mol. The summed E-state index contributed by atoms with van der Waals surface area (Å²) in [6, 6.07) is 4.07. The molecule has 0 atom stereocenters. The molecule has 108 valence electrons. The van der Waals surface area contributed by atoms with Crippen LogP contribution >= 0.6 is 0 Å². The van der Waals surface area contributed by atoms with Crippen LogP contribution in [0, 0.1) is 0 Å². The third-order valence-corrected chi connectivity index (χ3v) is 3.87. The van der Waals surface area contributed by atoms with Crippen molar-refractivity contribution in [3.63, 3.8) is 0 Å². The van der Waals surface area contributed by atoms with Gasteiger partial charge in [0.25, 0.3) is 0 Å². The summed E-state index contributed by atoms with van der Waals surface area (Å²) in [7, 11) is 1.71. The molecular formula is C15H22N4O. The topological polar surface area (TPSA) is 42.7 Å². The maximum absolute atomic E-state index is 5.23. The lowest BCUT2D eigenvalue weighted by Crippen LogP contribution is -2.29. The van der Waals surface area contributed by atoms with Crippen LogP contribution in [0.2, 0.25) is 0 Å². The smallest absolute Gasteiger partial charge is 0.157 e. The molecule has 1 saturated heterocycles. The molecule has 5 nitrogen and oxygen atoms in total. The highest BCUT2D eigenvalue weighted by Gasteiger charge is 2.14. The van der Waals surface area contributed by atoms with Gasteiger partial charge in [-0.05, 0) is 12.8 Å². The Morgan fingerprint density at radius 1 is 1.15 bits per heavy atom. The van der Waals surface area contributed by atoms with Crippen LogP contribution in [0.15, 0.2) is 18.3 Å². The van der Waals surface area contributed by atoms with Crippen molar-refractivity contribution < 1.29 is 4.74 Å². The molecule has 0 radical (unpaired) electrons. The first kappa shape index (κ1) is 13.4. The van der Waals surface area contributed by atoms with E-state index in [1.165, 1.54) is 32.1 Å². The van der Waals surface area contributed by atoms with E-state index in [2.05, 4.69) is 21.0 Å². The number of anilines is 1. The average Bonchev–Trinajstić information content (AvgIpc) is 2.86. The van der Waals surface area contributed by atoms with Gasteiger partial charge in [-0.2, -0.15) is 9.61 Å². The molecule has 5 heteroatoms. The quantitative estimate of drug-likeness (QED) is 0.863. The predicted molar refractivity (Wildman–Crippen MR) is 79.0 cm³/mol. The van der Waals surface area contributed by atoms with Crippen molar-refractivity contribution in [2.45, 2.75) is 38.7 Å². The number of hydrogen-bond donors (Lipinski definition) is 0. The van der Waals surface area contributed by atoms with Crippen LogP contribution in [0.25, 0.3) is 5.65 Å². The SMILES string of the molecule is COCc1cc(N2CCCCCCC2)n2nccc2n1. The second-order valence-electron chi connectivity index (χ2n) is 5.39. The number of rotatable bonds is 3. The van der Waals surface area contributed by atoms with Crippen molar-refractivity contribution in [2.24, 2.45) is 0 Å². The van der Waals surface area contributed by atoms with Gasteiger partial charge in [0.1, 0.15) is 5.82 Å². The van der Waals surface area contributed by atoms with Crippen molar-refractivity contribution in [3.05, 3.63) is 24.0 Å². The third-order valence-electron chi connectivity index (χ3n) is 3.87. The predicted octanol–water partition coefficient (Wildman–Crippen LogP) is 2.65. The lowest BCUT2D eigenvalue weighted by molar-refractivity contribution is 0.181. The molecule has 1 aliphatic heterocycles.